The van der Waals surface area contributed by atoms with Crippen molar-refractivity contribution < 1.29 is 9.53 Å². The zero-order chi connectivity index (χ0) is 16.0. The van der Waals surface area contributed by atoms with Crippen LogP contribution in [0.2, 0.25) is 0 Å². The topological polar surface area (TPSA) is 63.5 Å². The maximum Gasteiger partial charge on any atom is 0.255 e. The summed E-state index contributed by atoms with van der Waals surface area (Å²) >= 11 is 0. The van der Waals surface area contributed by atoms with Gasteiger partial charge < -0.3 is 9.64 Å². The molecule has 2 aromatic rings. The molecule has 7 nitrogen and oxygen atoms in total. The Hall–Kier alpha value is -1.99. The molecule has 23 heavy (non-hydrogen) atoms. The van der Waals surface area contributed by atoms with E-state index in [0.717, 1.165) is 30.7 Å². The summed E-state index contributed by atoms with van der Waals surface area (Å²) in [5.41, 5.74) is 2.32. The van der Waals surface area contributed by atoms with Crippen LogP contribution in [0.3, 0.4) is 0 Å². The lowest BCUT2D eigenvalue weighted by molar-refractivity contribution is 0.0433. The predicted molar refractivity (Wildman–Crippen MR) is 85.1 cm³/mol. The molecule has 7 heteroatoms. The number of hydrogen-bond acceptors (Lipinski definition) is 5. The Kier molecular flexibility index (Phi) is 3.54. The van der Waals surface area contributed by atoms with Crippen molar-refractivity contribution in [1.29, 1.82) is 0 Å². The lowest BCUT2D eigenvalue weighted by atomic mass is 10.1. The lowest BCUT2D eigenvalue weighted by Crippen LogP contribution is -2.44. The van der Waals surface area contributed by atoms with Gasteiger partial charge in [0.15, 0.2) is 0 Å². The molecular weight excluding hydrogens is 294 g/mol. The fourth-order valence-electron chi connectivity index (χ4n) is 3.54. The largest absolute Gasteiger partial charge is 0.379 e. The van der Waals surface area contributed by atoms with E-state index in [1.54, 1.807) is 17.1 Å². The van der Waals surface area contributed by atoms with E-state index >= 15 is 0 Å². The van der Waals surface area contributed by atoms with Gasteiger partial charge in [0.05, 0.1) is 36.5 Å². The molecule has 1 amide bonds. The number of fused-ring (bicyclic) bond motifs is 4. The minimum atomic E-state index is 0.0489. The maximum absolute atomic E-state index is 13.0. The number of carbonyl (C=O) groups excluding carboxylic acids is 1. The van der Waals surface area contributed by atoms with E-state index in [9.17, 15) is 4.79 Å². The first kappa shape index (κ1) is 14.6. The number of pyridine rings is 1. The summed E-state index contributed by atoms with van der Waals surface area (Å²) in [5.74, 6) is 0.414. The molecule has 4 heterocycles. The molecule has 122 valence electrons. The van der Waals surface area contributed by atoms with Gasteiger partial charge in [0.25, 0.3) is 5.91 Å². The van der Waals surface area contributed by atoms with Crippen LogP contribution in [0.15, 0.2) is 18.5 Å². The van der Waals surface area contributed by atoms with Crippen molar-refractivity contribution in [3.05, 3.63) is 24.0 Å². The first-order valence-corrected chi connectivity index (χ1v) is 7.97. The van der Waals surface area contributed by atoms with Crippen molar-refractivity contribution >= 4 is 16.9 Å². The summed E-state index contributed by atoms with van der Waals surface area (Å²) in [5, 5.41) is 4.19. The molecule has 0 N–H and O–H groups in total. The number of ether oxygens (including phenoxy) is 1. The summed E-state index contributed by atoms with van der Waals surface area (Å²) in [6, 6.07) is 2.15. The molecule has 0 unspecified atom stereocenters. The van der Waals surface area contributed by atoms with E-state index in [0.29, 0.717) is 24.6 Å². The third-order valence-corrected chi connectivity index (χ3v) is 4.88. The standard InChI is InChI=1S/C16H21N5O2/c1-19-6-11-7-21(8-13(19)10-23-9-11)16(22)12-3-15-14(17-4-12)5-18-20(15)2/h3-5,11,13H,6-10H2,1-2H3/t11-,13+/m1/s1. The van der Waals surface area contributed by atoms with E-state index in [1.165, 1.54) is 0 Å². The third kappa shape index (κ3) is 2.60. The van der Waals surface area contributed by atoms with Crippen LogP contribution in [0.4, 0.5) is 0 Å². The molecule has 2 bridgehead atoms. The summed E-state index contributed by atoms with van der Waals surface area (Å²) in [6.07, 6.45) is 3.37. The van der Waals surface area contributed by atoms with E-state index in [1.807, 2.05) is 18.0 Å². The lowest BCUT2D eigenvalue weighted by Gasteiger charge is -2.29. The van der Waals surface area contributed by atoms with E-state index in [-0.39, 0.29) is 11.9 Å². The van der Waals surface area contributed by atoms with Crippen molar-refractivity contribution in [3.63, 3.8) is 0 Å². The number of nitrogens with zero attached hydrogens (tertiary/aromatic N) is 5. The molecular formula is C16H21N5O2. The van der Waals surface area contributed by atoms with Crippen LogP contribution in [0.5, 0.6) is 0 Å². The number of amides is 1. The zero-order valence-corrected chi connectivity index (χ0v) is 13.5. The van der Waals surface area contributed by atoms with E-state index in [2.05, 4.69) is 22.0 Å². The molecule has 4 rings (SSSR count). The molecule has 2 fully saturated rings. The van der Waals surface area contributed by atoms with Crippen molar-refractivity contribution in [2.24, 2.45) is 13.0 Å². The van der Waals surface area contributed by atoms with Gasteiger partial charge in [-0.15, -0.1) is 0 Å². The van der Waals surface area contributed by atoms with Gasteiger partial charge in [0.2, 0.25) is 0 Å². The molecule has 2 atom stereocenters. The second-order valence-electron chi connectivity index (χ2n) is 6.60. The zero-order valence-electron chi connectivity index (χ0n) is 13.5. The van der Waals surface area contributed by atoms with Crippen LogP contribution < -0.4 is 0 Å². The monoisotopic (exact) mass is 315 g/mol. The summed E-state index contributed by atoms with van der Waals surface area (Å²) in [7, 11) is 3.98. The Morgan fingerprint density at radius 3 is 2.96 bits per heavy atom. The van der Waals surface area contributed by atoms with Gasteiger partial charge in [0, 0.05) is 38.8 Å². The van der Waals surface area contributed by atoms with Gasteiger partial charge in [-0.1, -0.05) is 0 Å². The molecule has 0 saturated carbocycles. The van der Waals surface area contributed by atoms with Crippen LogP contribution in [0.1, 0.15) is 10.4 Å². The van der Waals surface area contributed by atoms with Crippen LogP contribution in [-0.2, 0) is 11.8 Å². The fraction of sp³-hybridized carbons (Fsp3) is 0.562. The number of aryl methyl sites for hydroxylation is 1. The number of hydrogen-bond donors (Lipinski definition) is 0. The Morgan fingerprint density at radius 1 is 1.22 bits per heavy atom. The van der Waals surface area contributed by atoms with Gasteiger partial charge in [0.1, 0.15) is 5.52 Å². The first-order chi connectivity index (χ1) is 11.1. The second-order valence-corrected chi connectivity index (χ2v) is 6.60. The first-order valence-electron chi connectivity index (χ1n) is 7.97. The van der Waals surface area contributed by atoms with Gasteiger partial charge >= 0.3 is 0 Å². The average molecular weight is 315 g/mol. The van der Waals surface area contributed by atoms with Crippen molar-refractivity contribution in [2.75, 3.05) is 39.9 Å². The van der Waals surface area contributed by atoms with Crippen molar-refractivity contribution in [1.82, 2.24) is 24.6 Å². The Labute approximate surface area is 134 Å². The number of rotatable bonds is 1. The number of aromatic nitrogens is 3. The molecule has 2 aromatic heterocycles. The number of carbonyl (C=O) groups is 1. The average Bonchev–Trinajstić information content (AvgIpc) is 2.70. The van der Waals surface area contributed by atoms with Gasteiger partial charge in [-0.25, -0.2) is 0 Å². The molecule has 2 aliphatic heterocycles. The molecule has 2 saturated heterocycles. The third-order valence-electron chi connectivity index (χ3n) is 4.88. The van der Waals surface area contributed by atoms with Crippen molar-refractivity contribution in [2.45, 2.75) is 6.04 Å². The maximum atomic E-state index is 13.0. The van der Waals surface area contributed by atoms with Crippen LogP contribution in [-0.4, -0.2) is 76.4 Å². The van der Waals surface area contributed by atoms with E-state index in [4.69, 9.17) is 4.74 Å². The summed E-state index contributed by atoms with van der Waals surface area (Å²) in [4.78, 5) is 21.6. The highest BCUT2D eigenvalue weighted by molar-refractivity contribution is 5.96. The second kappa shape index (κ2) is 5.58. The summed E-state index contributed by atoms with van der Waals surface area (Å²) < 4.78 is 7.47. The highest BCUT2D eigenvalue weighted by Gasteiger charge is 2.33. The highest BCUT2D eigenvalue weighted by Crippen LogP contribution is 2.21. The molecule has 0 aromatic carbocycles. The minimum Gasteiger partial charge on any atom is -0.379 e. The van der Waals surface area contributed by atoms with Gasteiger partial charge in [-0.2, -0.15) is 5.10 Å². The minimum absolute atomic E-state index is 0.0489. The predicted octanol–water partition coefficient (Wildman–Crippen LogP) is 0.371. The fourth-order valence-corrected chi connectivity index (χ4v) is 3.54. The molecule has 2 aliphatic rings. The molecule has 0 spiro atoms. The van der Waals surface area contributed by atoms with Crippen molar-refractivity contribution in [3.8, 4) is 0 Å². The summed E-state index contributed by atoms with van der Waals surface area (Å²) in [6.45, 7) is 3.84. The van der Waals surface area contributed by atoms with Crippen LogP contribution in [0.25, 0.3) is 11.0 Å². The Balaban J connectivity index is 1.63. The van der Waals surface area contributed by atoms with Gasteiger partial charge in [-0.05, 0) is 13.1 Å². The Bertz CT molecular complexity index is 743. The van der Waals surface area contributed by atoms with Gasteiger partial charge in [-0.3, -0.25) is 19.4 Å². The van der Waals surface area contributed by atoms with Crippen LogP contribution in [0, 0.1) is 5.92 Å². The quantitative estimate of drug-likeness (QED) is 0.761. The molecule has 0 radical (unpaired) electrons. The smallest absolute Gasteiger partial charge is 0.255 e. The normalized spacial score (nSPS) is 25.6. The number of likely N-dealkylation sites (N-methyl/N-ethyl adjacent to an activating group) is 1. The van der Waals surface area contributed by atoms with Crippen LogP contribution >= 0.6 is 0 Å². The SMILES string of the molecule is CN1C[C@H]2COC[C@@H]1CN(C(=O)c1cnc3cnn(C)c3c1)C2. The Morgan fingerprint density at radius 2 is 2.09 bits per heavy atom. The molecule has 0 aliphatic carbocycles. The van der Waals surface area contributed by atoms with E-state index < -0.39 is 0 Å². The highest BCUT2D eigenvalue weighted by atomic mass is 16.5.